The van der Waals surface area contributed by atoms with Gasteiger partial charge < -0.3 is 4.74 Å². The van der Waals surface area contributed by atoms with Gasteiger partial charge in [-0.1, -0.05) is 0 Å². The van der Waals surface area contributed by atoms with Crippen LogP contribution < -0.4 is 4.74 Å². The number of hydrogen-bond donors (Lipinski definition) is 0. The smallest absolute Gasteiger partial charge is 0.419 e. The third-order valence-corrected chi connectivity index (χ3v) is 4.11. The zero-order valence-electron chi connectivity index (χ0n) is 15.8. The van der Waals surface area contributed by atoms with E-state index in [4.69, 9.17) is 0 Å². The second-order valence-corrected chi connectivity index (χ2v) is 6.18. The Kier molecular flexibility index (Phi) is 7.26. The van der Waals surface area contributed by atoms with Crippen molar-refractivity contribution in [2.24, 2.45) is 0 Å². The summed E-state index contributed by atoms with van der Waals surface area (Å²) < 4.78 is 242. The summed E-state index contributed by atoms with van der Waals surface area (Å²) in [4.78, 5) is 4.93. The maximum absolute atomic E-state index is 13.3. The van der Waals surface area contributed by atoms with Gasteiger partial charge in [-0.2, -0.15) is 89.0 Å². The van der Waals surface area contributed by atoms with Crippen LogP contribution in [-0.4, -0.2) is 58.6 Å². The minimum Gasteiger partial charge on any atom is -0.464 e. The first-order valence-electron chi connectivity index (χ1n) is 7.94. The molecule has 0 radical (unpaired) electrons. The van der Waals surface area contributed by atoms with Gasteiger partial charge in [0.15, 0.2) is 11.6 Å². The van der Waals surface area contributed by atoms with E-state index in [2.05, 4.69) is 4.74 Å². The van der Waals surface area contributed by atoms with Crippen molar-refractivity contribution in [3.63, 3.8) is 0 Å². The summed E-state index contributed by atoms with van der Waals surface area (Å²) >= 11 is 0. The largest absolute Gasteiger partial charge is 0.464 e. The Balaban J connectivity index is 4.55. The maximum atomic E-state index is 13.3. The number of alkyl halides is 18. The van der Waals surface area contributed by atoms with Crippen LogP contribution in [0.4, 0.5) is 79.0 Å². The molecule has 22 heteroatoms. The van der Waals surface area contributed by atoms with Gasteiger partial charge in [0.25, 0.3) is 0 Å². The molecule has 1 rings (SSSR count). The lowest BCUT2D eigenvalue weighted by Crippen LogP contribution is -2.66. The van der Waals surface area contributed by atoms with Gasteiger partial charge in [-0.05, 0) is 6.92 Å². The van der Waals surface area contributed by atoms with E-state index in [-0.39, 0.29) is 0 Å². The van der Waals surface area contributed by atoms with Gasteiger partial charge >= 0.3 is 53.9 Å². The van der Waals surface area contributed by atoms with E-state index in [9.17, 15) is 79.0 Å². The van der Waals surface area contributed by atoms with E-state index in [1.165, 1.54) is 4.98 Å². The topological polar surface area (TPSA) is 47.9 Å². The van der Waals surface area contributed by atoms with Crippen molar-refractivity contribution in [3.05, 3.63) is 11.6 Å². The van der Waals surface area contributed by atoms with Crippen LogP contribution in [0.3, 0.4) is 0 Å². The fraction of sp³-hybridized carbons (Fsp3) is 0.769. The second kappa shape index (κ2) is 8.30. The molecule has 0 aliphatic heterocycles. The fourth-order valence-electron chi connectivity index (χ4n) is 2.61. The van der Waals surface area contributed by atoms with Crippen molar-refractivity contribution in [2.45, 2.75) is 54.8 Å². The molecule has 0 bridgehead atoms. The Labute approximate surface area is 179 Å². The van der Waals surface area contributed by atoms with E-state index in [0.29, 0.717) is 6.92 Å². The number of rotatable bonds is 4. The van der Waals surface area contributed by atoms with Crippen molar-refractivity contribution < 1.29 is 83.8 Å². The van der Waals surface area contributed by atoms with Crippen LogP contribution in [0, 0.1) is 0 Å². The van der Waals surface area contributed by atoms with Crippen LogP contribution in [0.15, 0.2) is 0 Å². The number of halogens is 18. The molecule has 4 nitrogen and oxygen atoms in total. The van der Waals surface area contributed by atoms with Crippen molar-refractivity contribution in [2.75, 3.05) is 6.61 Å². The number of aromatic nitrogens is 3. The number of hydrogen-bond acceptors (Lipinski definition) is 4. The van der Waals surface area contributed by atoms with E-state index in [1.807, 2.05) is 9.97 Å². The van der Waals surface area contributed by atoms with Crippen LogP contribution >= 0.6 is 0 Å². The molecule has 0 atom stereocenters. The molecule has 0 fully saturated rings. The summed E-state index contributed by atoms with van der Waals surface area (Å²) in [6.45, 7) is -0.505. The van der Waals surface area contributed by atoms with E-state index in [0.717, 1.165) is 0 Å². The Morgan fingerprint density at radius 1 is 0.457 bits per heavy atom. The summed E-state index contributed by atoms with van der Waals surface area (Å²) in [5, 5.41) is 0. The predicted octanol–water partition coefficient (Wildman–Crippen LogP) is 6.12. The first-order valence-corrected chi connectivity index (χ1v) is 7.94. The van der Waals surface area contributed by atoms with Gasteiger partial charge in [0.05, 0.1) is 6.61 Å². The van der Waals surface area contributed by atoms with E-state index in [1.54, 1.807) is 0 Å². The van der Waals surface area contributed by atoms with E-state index < -0.39 is 72.2 Å². The molecular weight excluding hydrogens is 556 g/mol. The Hall–Kier alpha value is -2.45. The second-order valence-electron chi connectivity index (χ2n) is 6.18. The highest BCUT2D eigenvalue weighted by atomic mass is 19.4. The molecule has 1 aromatic heterocycles. The number of nitrogens with zero attached hydrogens (tertiary/aromatic N) is 3. The van der Waals surface area contributed by atoms with Crippen LogP contribution in [0.25, 0.3) is 0 Å². The van der Waals surface area contributed by atoms with Crippen LogP contribution in [0.1, 0.15) is 18.6 Å². The van der Waals surface area contributed by atoms with Crippen LogP contribution in [0.2, 0.25) is 0 Å². The highest BCUT2D eigenvalue weighted by Crippen LogP contribution is 2.62. The van der Waals surface area contributed by atoms with Crippen molar-refractivity contribution in [1.29, 1.82) is 0 Å². The monoisotopic (exact) mass is 561 g/mol. The van der Waals surface area contributed by atoms with Gasteiger partial charge in [0, 0.05) is 0 Å². The maximum Gasteiger partial charge on any atom is 0.419 e. The molecule has 0 spiro atoms. The lowest BCUT2D eigenvalue weighted by Gasteiger charge is -2.39. The molecule has 1 aromatic rings. The Morgan fingerprint density at radius 3 is 0.857 bits per heavy atom. The molecule has 0 aromatic carbocycles. The van der Waals surface area contributed by atoms with Gasteiger partial charge in [0.1, 0.15) is 0 Å². The molecule has 0 saturated heterocycles. The minimum absolute atomic E-state index is 0.665. The summed E-state index contributed by atoms with van der Waals surface area (Å²) in [5.41, 5.74) is -14.9. The quantitative estimate of drug-likeness (QED) is 0.416. The average molecular weight is 561 g/mol. The molecule has 0 aliphatic rings. The minimum atomic E-state index is -7.72. The molecule has 0 aliphatic carbocycles. The van der Waals surface area contributed by atoms with Crippen molar-refractivity contribution in [1.82, 2.24) is 15.0 Å². The molecule has 1 heterocycles. The average Bonchev–Trinajstić information content (AvgIpc) is 2.46. The van der Waals surface area contributed by atoms with Gasteiger partial charge in [-0.3, -0.25) is 0 Å². The van der Waals surface area contributed by atoms with Crippen molar-refractivity contribution >= 4 is 0 Å². The molecule has 0 amide bonds. The molecule has 0 unspecified atom stereocenters. The molecule has 0 N–H and O–H groups in total. The zero-order valence-corrected chi connectivity index (χ0v) is 15.8. The molecule has 0 saturated carbocycles. The highest BCUT2D eigenvalue weighted by Gasteiger charge is 2.89. The highest BCUT2D eigenvalue weighted by molar-refractivity contribution is 5.28. The lowest BCUT2D eigenvalue weighted by molar-refractivity contribution is -0.391. The normalized spacial score (nSPS) is 15.4. The third kappa shape index (κ3) is 4.47. The van der Waals surface area contributed by atoms with E-state index >= 15 is 0 Å². The lowest BCUT2D eigenvalue weighted by atomic mass is 9.82. The summed E-state index contributed by atoms with van der Waals surface area (Å²) in [5.74, 6) is -8.05. The molecule has 35 heavy (non-hydrogen) atoms. The molecular formula is C13H5F18N3O. The summed E-state index contributed by atoms with van der Waals surface area (Å²) in [6, 6.07) is -2.56. The fourth-order valence-corrected chi connectivity index (χ4v) is 2.61. The van der Waals surface area contributed by atoms with Crippen LogP contribution in [-0.2, 0) is 10.8 Å². The summed E-state index contributed by atoms with van der Waals surface area (Å²) in [7, 11) is 0. The Bertz CT molecular complexity index is 763. The molecule has 204 valence electrons. The van der Waals surface area contributed by atoms with Crippen molar-refractivity contribution in [3.8, 4) is 6.01 Å². The first kappa shape index (κ1) is 30.6. The standard InChI is InChI=1S/C13H5F18N3O/c1-2-35-5-33-3(6(8(14,15)16,9(17,18)19)10(20,21)22)32-4(34-5)7(11(23,24)25,12(26,27)28)13(29,30)31/h2H2,1H3. The Morgan fingerprint density at radius 2 is 0.686 bits per heavy atom. The predicted molar refractivity (Wildman–Crippen MR) is 70.7 cm³/mol. The summed E-state index contributed by atoms with van der Waals surface area (Å²) in [6.07, 6.45) is -46.3. The van der Waals surface area contributed by atoms with Gasteiger partial charge in [0.2, 0.25) is 0 Å². The third-order valence-electron chi connectivity index (χ3n) is 4.11. The zero-order chi connectivity index (χ0) is 28.3. The van der Waals surface area contributed by atoms with Gasteiger partial charge in [-0.25, -0.2) is 4.98 Å². The number of ether oxygens (including phenoxy) is 1. The van der Waals surface area contributed by atoms with Gasteiger partial charge in [-0.15, -0.1) is 0 Å². The van der Waals surface area contributed by atoms with Crippen LogP contribution in [0.5, 0.6) is 6.01 Å². The SMILES string of the molecule is CCOc1nc(C(C(F)(F)F)(C(F)(F)F)C(F)(F)F)nc(C(C(F)(F)F)(C(F)(F)F)C(F)(F)F)n1. The first-order chi connectivity index (χ1) is 15.1.